The first-order valence-electron chi connectivity index (χ1n) is 8.37. The van der Waals surface area contributed by atoms with E-state index in [-0.39, 0.29) is 5.91 Å². The summed E-state index contributed by atoms with van der Waals surface area (Å²) in [6, 6.07) is 3.72. The first-order chi connectivity index (χ1) is 12.3. The molecule has 1 aromatic carbocycles. The topological polar surface area (TPSA) is 90.8 Å². The highest BCUT2D eigenvalue weighted by Crippen LogP contribution is 2.41. The third kappa shape index (κ3) is 2.69. The molecule has 136 valence electrons. The lowest BCUT2D eigenvalue weighted by atomic mass is 9.97. The Morgan fingerprint density at radius 3 is 2.81 bits per heavy atom. The summed E-state index contributed by atoms with van der Waals surface area (Å²) in [4.78, 5) is 17.9. The van der Waals surface area contributed by atoms with Crippen LogP contribution in [0, 0.1) is 0 Å². The van der Waals surface area contributed by atoms with E-state index in [0.717, 1.165) is 33.4 Å². The fourth-order valence-electron chi connectivity index (χ4n) is 3.54. The normalized spacial score (nSPS) is 14.7. The quantitative estimate of drug-likeness (QED) is 0.624. The number of aromatic amines is 2. The van der Waals surface area contributed by atoms with Crippen LogP contribution < -0.4 is 5.73 Å². The maximum atomic E-state index is 12.6. The average Bonchev–Trinajstić information content (AvgIpc) is 3.24. The number of hydrogen-bond acceptors (Lipinski definition) is 3. The molecule has 26 heavy (non-hydrogen) atoms. The number of nitrogens with two attached hydrogens (primary N) is 1. The summed E-state index contributed by atoms with van der Waals surface area (Å²) in [5.74, 6) is -0.0688. The molecule has 0 unspecified atom stereocenters. The highest BCUT2D eigenvalue weighted by molar-refractivity contribution is 6.45. The predicted octanol–water partition coefficient (Wildman–Crippen LogP) is 3.49. The summed E-state index contributed by atoms with van der Waals surface area (Å²) >= 11 is 12.8. The maximum Gasteiger partial charge on any atom is 0.242 e. The van der Waals surface area contributed by atoms with Crippen molar-refractivity contribution in [2.24, 2.45) is 5.73 Å². The van der Waals surface area contributed by atoms with Gasteiger partial charge < -0.3 is 15.6 Å². The zero-order valence-corrected chi connectivity index (χ0v) is 16.0. The smallest absolute Gasteiger partial charge is 0.242 e. The van der Waals surface area contributed by atoms with Crippen molar-refractivity contribution in [2.75, 3.05) is 6.54 Å². The summed E-state index contributed by atoms with van der Waals surface area (Å²) in [7, 11) is 0. The largest absolute Gasteiger partial charge is 0.357 e. The SMILES string of the molecule is CC(C)(N)C(=O)N1CCc2[nH]c3c(Cl)c(Cl)cc(-c4ccn[nH]4)c3c2C1. The Bertz CT molecular complexity index is 1000. The lowest BCUT2D eigenvalue weighted by molar-refractivity contribution is -0.136. The summed E-state index contributed by atoms with van der Waals surface area (Å²) < 4.78 is 0. The van der Waals surface area contributed by atoms with Gasteiger partial charge in [0, 0.05) is 47.9 Å². The molecule has 0 bridgehead atoms. The first kappa shape index (κ1) is 17.4. The Balaban J connectivity index is 1.90. The summed E-state index contributed by atoms with van der Waals surface area (Å²) in [5, 5.41) is 8.94. The van der Waals surface area contributed by atoms with Crippen LogP contribution in [0.3, 0.4) is 0 Å². The Morgan fingerprint density at radius 2 is 2.15 bits per heavy atom. The number of halogens is 2. The summed E-state index contributed by atoms with van der Waals surface area (Å²) in [6.07, 6.45) is 2.40. The number of H-pyrrole nitrogens is 2. The zero-order chi connectivity index (χ0) is 18.6. The number of amides is 1. The Hall–Kier alpha value is -2.02. The van der Waals surface area contributed by atoms with E-state index in [4.69, 9.17) is 28.9 Å². The molecule has 1 aliphatic rings. The number of aromatic nitrogens is 3. The molecule has 2 aromatic heterocycles. The minimum Gasteiger partial charge on any atom is -0.357 e. The van der Waals surface area contributed by atoms with Crippen molar-refractivity contribution >= 4 is 40.0 Å². The van der Waals surface area contributed by atoms with Crippen LogP contribution in [0.2, 0.25) is 10.0 Å². The van der Waals surface area contributed by atoms with Crippen LogP contribution in [0.4, 0.5) is 0 Å². The van der Waals surface area contributed by atoms with Gasteiger partial charge in [0.1, 0.15) is 0 Å². The molecule has 3 aromatic rings. The van der Waals surface area contributed by atoms with Gasteiger partial charge in [-0.15, -0.1) is 0 Å². The fourth-order valence-corrected chi connectivity index (χ4v) is 3.94. The van der Waals surface area contributed by atoms with Crippen LogP contribution in [0.25, 0.3) is 22.2 Å². The van der Waals surface area contributed by atoms with Gasteiger partial charge in [-0.3, -0.25) is 9.89 Å². The molecule has 4 N–H and O–H groups in total. The van der Waals surface area contributed by atoms with Gasteiger partial charge in [-0.25, -0.2) is 0 Å². The molecular weight excluding hydrogens is 373 g/mol. The Morgan fingerprint density at radius 1 is 1.38 bits per heavy atom. The molecule has 4 rings (SSSR count). The molecule has 0 fully saturated rings. The molecular formula is C18H19Cl2N5O. The number of benzene rings is 1. The van der Waals surface area contributed by atoms with E-state index >= 15 is 0 Å². The Kier molecular flexibility index (Phi) is 4.02. The second-order valence-electron chi connectivity index (χ2n) is 7.22. The van der Waals surface area contributed by atoms with Crippen molar-refractivity contribution in [1.29, 1.82) is 0 Å². The number of rotatable bonds is 2. The maximum absolute atomic E-state index is 12.6. The van der Waals surface area contributed by atoms with Crippen LogP contribution in [0.1, 0.15) is 25.1 Å². The van der Waals surface area contributed by atoms with E-state index in [9.17, 15) is 4.79 Å². The van der Waals surface area contributed by atoms with Gasteiger partial charge in [-0.1, -0.05) is 23.2 Å². The number of carbonyl (C=O) groups excluding carboxylic acids is 1. The van der Waals surface area contributed by atoms with E-state index in [1.54, 1.807) is 24.9 Å². The molecule has 1 amide bonds. The molecule has 0 aliphatic carbocycles. The zero-order valence-electron chi connectivity index (χ0n) is 14.5. The van der Waals surface area contributed by atoms with Crippen molar-refractivity contribution in [3.05, 3.63) is 39.6 Å². The van der Waals surface area contributed by atoms with Crippen LogP contribution in [0.15, 0.2) is 18.3 Å². The third-order valence-electron chi connectivity index (χ3n) is 4.77. The molecule has 0 atom stereocenters. The molecule has 3 heterocycles. The molecule has 0 radical (unpaired) electrons. The minimum absolute atomic E-state index is 0.0688. The highest BCUT2D eigenvalue weighted by atomic mass is 35.5. The van der Waals surface area contributed by atoms with Gasteiger partial charge in [0.15, 0.2) is 0 Å². The van der Waals surface area contributed by atoms with Crippen molar-refractivity contribution in [1.82, 2.24) is 20.1 Å². The van der Waals surface area contributed by atoms with Gasteiger partial charge in [0.2, 0.25) is 5.91 Å². The number of fused-ring (bicyclic) bond motifs is 3. The monoisotopic (exact) mass is 391 g/mol. The standard InChI is InChI=1S/C18H19Cl2N5O/c1-18(2,21)17(26)25-6-4-12-10(8-25)14-9(13-3-5-22-24-13)7-11(19)15(20)16(14)23-12/h3,5,7,23H,4,6,8,21H2,1-2H3,(H,22,24). The number of carbonyl (C=O) groups is 1. The number of hydrogen-bond donors (Lipinski definition) is 3. The van der Waals surface area contributed by atoms with Crippen molar-refractivity contribution in [3.8, 4) is 11.3 Å². The third-order valence-corrected chi connectivity index (χ3v) is 5.56. The first-order valence-corrected chi connectivity index (χ1v) is 9.12. The van der Waals surface area contributed by atoms with Crippen LogP contribution in [-0.2, 0) is 17.8 Å². The molecule has 1 aliphatic heterocycles. The Labute approximate surface area is 160 Å². The van der Waals surface area contributed by atoms with Crippen molar-refractivity contribution in [2.45, 2.75) is 32.4 Å². The van der Waals surface area contributed by atoms with Gasteiger partial charge in [0.05, 0.1) is 26.8 Å². The van der Waals surface area contributed by atoms with Crippen molar-refractivity contribution < 1.29 is 4.79 Å². The predicted molar refractivity (Wildman–Crippen MR) is 103 cm³/mol. The average molecular weight is 392 g/mol. The van der Waals surface area contributed by atoms with E-state index in [0.29, 0.717) is 29.6 Å². The molecule has 0 saturated carbocycles. The van der Waals surface area contributed by atoms with E-state index in [2.05, 4.69) is 15.2 Å². The summed E-state index contributed by atoms with van der Waals surface area (Å²) in [5.41, 5.74) is 9.77. The lowest BCUT2D eigenvalue weighted by Crippen LogP contribution is -2.52. The van der Waals surface area contributed by atoms with E-state index in [1.807, 2.05) is 12.1 Å². The molecule has 0 spiro atoms. The number of nitrogens with one attached hydrogen (secondary N) is 2. The fraction of sp³-hybridized carbons (Fsp3) is 0.333. The molecule has 8 heteroatoms. The molecule has 6 nitrogen and oxygen atoms in total. The van der Waals surface area contributed by atoms with E-state index in [1.165, 1.54) is 0 Å². The van der Waals surface area contributed by atoms with Crippen LogP contribution >= 0.6 is 23.2 Å². The van der Waals surface area contributed by atoms with Gasteiger partial charge in [0.25, 0.3) is 0 Å². The number of nitrogens with zero attached hydrogens (tertiary/aromatic N) is 2. The van der Waals surface area contributed by atoms with Crippen LogP contribution in [-0.4, -0.2) is 38.1 Å². The van der Waals surface area contributed by atoms with Gasteiger partial charge >= 0.3 is 0 Å². The summed E-state index contributed by atoms with van der Waals surface area (Å²) in [6.45, 7) is 4.55. The van der Waals surface area contributed by atoms with E-state index < -0.39 is 5.54 Å². The molecule has 0 saturated heterocycles. The second kappa shape index (κ2) is 6.01. The minimum atomic E-state index is -0.906. The highest BCUT2D eigenvalue weighted by Gasteiger charge is 2.32. The van der Waals surface area contributed by atoms with Crippen LogP contribution in [0.5, 0.6) is 0 Å². The van der Waals surface area contributed by atoms with Gasteiger partial charge in [-0.2, -0.15) is 5.10 Å². The lowest BCUT2D eigenvalue weighted by Gasteiger charge is -2.32. The van der Waals surface area contributed by atoms with Crippen molar-refractivity contribution in [3.63, 3.8) is 0 Å². The second-order valence-corrected chi connectivity index (χ2v) is 8.01. The van der Waals surface area contributed by atoms with Gasteiger partial charge in [-0.05, 0) is 26.0 Å².